The normalized spacial score (nSPS) is 18.9. The van der Waals surface area contributed by atoms with Gasteiger partial charge in [0.1, 0.15) is 6.04 Å². The largest absolute Gasteiger partial charge is 0.464 e. The number of hydrogen-bond donors (Lipinski definition) is 1. The van der Waals surface area contributed by atoms with E-state index >= 15 is 0 Å². The molecule has 1 aromatic rings. The molecule has 10 heteroatoms. The molecular weight excluding hydrogens is 368 g/mol. The van der Waals surface area contributed by atoms with Crippen LogP contribution >= 0.6 is 0 Å². The Morgan fingerprint density at radius 3 is 2.15 bits per heavy atom. The van der Waals surface area contributed by atoms with Gasteiger partial charge in [-0.15, -0.1) is 0 Å². The van der Waals surface area contributed by atoms with Crippen molar-refractivity contribution in [2.75, 3.05) is 18.1 Å². The fourth-order valence-electron chi connectivity index (χ4n) is 2.94. The highest BCUT2D eigenvalue weighted by molar-refractivity contribution is 5.80. The number of halogens is 6. The van der Waals surface area contributed by atoms with Crippen molar-refractivity contribution in [3.8, 4) is 0 Å². The number of aliphatic hydroxyl groups is 1. The maximum atomic E-state index is 12.9. The van der Waals surface area contributed by atoms with E-state index in [9.17, 15) is 36.2 Å². The van der Waals surface area contributed by atoms with Crippen molar-refractivity contribution in [1.29, 1.82) is 0 Å². The van der Waals surface area contributed by atoms with Gasteiger partial charge in [0, 0.05) is 17.8 Å². The Labute approximate surface area is 145 Å². The number of ether oxygens (including phenoxy) is 1. The van der Waals surface area contributed by atoms with E-state index in [4.69, 9.17) is 4.74 Å². The second kappa shape index (κ2) is 6.98. The molecule has 146 valence electrons. The minimum absolute atomic E-state index is 0.159. The summed E-state index contributed by atoms with van der Waals surface area (Å²) in [7, 11) is 0. The van der Waals surface area contributed by atoms with Gasteiger partial charge in [-0.1, -0.05) is 12.1 Å². The summed E-state index contributed by atoms with van der Waals surface area (Å²) in [5.74, 6) is -0.504. The third-order valence-electron chi connectivity index (χ3n) is 4.25. The fourth-order valence-corrected chi connectivity index (χ4v) is 2.94. The van der Waals surface area contributed by atoms with Crippen molar-refractivity contribution < 1.29 is 41.0 Å². The lowest BCUT2D eigenvalue weighted by Gasteiger charge is -2.33. The zero-order valence-electron chi connectivity index (χ0n) is 13.7. The van der Waals surface area contributed by atoms with Crippen LogP contribution in [0, 0.1) is 0 Å². The van der Waals surface area contributed by atoms with E-state index in [0.29, 0.717) is 31.5 Å². The lowest BCUT2D eigenvalue weighted by Crippen LogP contribution is -2.53. The molecule has 0 saturated carbocycles. The van der Waals surface area contributed by atoms with Crippen LogP contribution in [0.5, 0.6) is 0 Å². The smallest absolute Gasteiger partial charge is 0.430 e. The van der Waals surface area contributed by atoms with Crippen molar-refractivity contribution in [1.82, 2.24) is 0 Å². The molecule has 0 bridgehead atoms. The molecule has 0 amide bonds. The third-order valence-corrected chi connectivity index (χ3v) is 4.25. The summed E-state index contributed by atoms with van der Waals surface area (Å²) in [6, 6.07) is 2.53. The number of benzene rings is 1. The van der Waals surface area contributed by atoms with E-state index in [2.05, 4.69) is 0 Å². The number of rotatable bonds is 4. The number of alkyl halides is 6. The molecule has 2 rings (SSSR count). The molecule has 26 heavy (non-hydrogen) atoms. The Kier molecular flexibility index (Phi) is 5.46. The van der Waals surface area contributed by atoms with Gasteiger partial charge in [0.2, 0.25) is 0 Å². The van der Waals surface area contributed by atoms with Crippen LogP contribution < -0.4 is 4.90 Å². The summed E-state index contributed by atoms with van der Waals surface area (Å²) in [5, 5.41) is 9.38. The molecule has 1 fully saturated rings. The van der Waals surface area contributed by atoms with E-state index in [1.54, 1.807) is 11.8 Å². The standard InChI is InChI=1S/C16H17F6NO3/c1-2-26-13(24)12-4-3-9-23(12)11-7-5-10(6-8-11)14(25,15(17,18)19)16(20,21)22/h5-8,12,25H,2-4,9H2,1H3/t12-/m1/s1. The molecule has 0 radical (unpaired) electrons. The van der Waals surface area contributed by atoms with Gasteiger partial charge in [-0.25, -0.2) is 4.79 Å². The highest BCUT2D eigenvalue weighted by atomic mass is 19.4. The molecule has 1 aromatic carbocycles. The summed E-state index contributed by atoms with van der Waals surface area (Å²) in [4.78, 5) is 13.5. The Morgan fingerprint density at radius 2 is 1.69 bits per heavy atom. The molecule has 1 N–H and O–H groups in total. The van der Waals surface area contributed by atoms with Crippen LogP contribution in [0.25, 0.3) is 0 Å². The van der Waals surface area contributed by atoms with Gasteiger partial charge in [-0.05, 0) is 31.9 Å². The minimum Gasteiger partial charge on any atom is -0.464 e. The van der Waals surface area contributed by atoms with Gasteiger partial charge in [-0.3, -0.25) is 0 Å². The monoisotopic (exact) mass is 385 g/mol. The second-order valence-electron chi connectivity index (χ2n) is 5.86. The van der Waals surface area contributed by atoms with E-state index in [1.165, 1.54) is 0 Å². The van der Waals surface area contributed by atoms with Crippen molar-refractivity contribution >= 4 is 11.7 Å². The van der Waals surface area contributed by atoms with Gasteiger partial charge in [0.25, 0.3) is 5.60 Å². The maximum absolute atomic E-state index is 12.9. The van der Waals surface area contributed by atoms with Crippen molar-refractivity contribution in [2.45, 2.75) is 43.8 Å². The fraction of sp³-hybridized carbons (Fsp3) is 0.562. The predicted octanol–water partition coefficient (Wildman–Crippen LogP) is 3.53. The average molecular weight is 385 g/mol. The number of hydrogen-bond acceptors (Lipinski definition) is 4. The SMILES string of the molecule is CCOC(=O)[C@H]1CCCN1c1ccc(C(O)(C(F)(F)F)C(F)(F)F)cc1. The van der Waals surface area contributed by atoms with Gasteiger partial charge in [0.05, 0.1) is 6.61 Å². The van der Waals surface area contributed by atoms with Crippen LogP contribution in [0.4, 0.5) is 32.0 Å². The quantitative estimate of drug-likeness (QED) is 0.637. The van der Waals surface area contributed by atoms with E-state index < -0.39 is 35.5 Å². The van der Waals surface area contributed by atoms with Crippen LogP contribution in [-0.2, 0) is 15.1 Å². The third kappa shape index (κ3) is 3.46. The summed E-state index contributed by atoms with van der Waals surface area (Å²) < 4.78 is 82.3. The Hall–Kier alpha value is -1.97. The van der Waals surface area contributed by atoms with Crippen LogP contribution in [0.15, 0.2) is 24.3 Å². The van der Waals surface area contributed by atoms with Crippen LogP contribution in [0.3, 0.4) is 0 Å². The van der Waals surface area contributed by atoms with Crippen LogP contribution in [0.2, 0.25) is 0 Å². The number of carbonyl (C=O) groups excluding carboxylic acids is 1. The number of anilines is 1. The topological polar surface area (TPSA) is 49.8 Å². The first-order chi connectivity index (χ1) is 11.9. The molecule has 0 spiro atoms. The van der Waals surface area contributed by atoms with E-state index in [1.807, 2.05) is 0 Å². The number of carbonyl (C=O) groups is 1. The minimum atomic E-state index is -5.94. The molecule has 1 saturated heterocycles. The van der Waals surface area contributed by atoms with Gasteiger partial charge >= 0.3 is 18.3 Å². The highest BCUT2D eigenvalue weighted by Gasteiger charge is 2.71. The molecular formula is C16H17F6NO3. The van der Waals surface area contributed by atoms with E-state index in [-0.39, 0.29) is 12.3 Å². The first kappa shape index (κ1) is 20.3. The Balaban J connectivity index is 2.34. The van der Waals surface area contributed by atoms with Crippen molar-refractivity contribution in [3.05, 3.63) is 29.8 Å². The van der Waals surface area contributed by atoms with E-state index in [0.717, 1.165) is 12.1 Å². The Bertz CT molecular complexity index is 627. The molecule has 1 aliphatic heterocycles. The average Bonchev–Trinajstić information content (AvgIpc) is 3.02. The molecule has 0 unspecified atom stereocenters. The number of nitrogens with zero attached hydrogens (tertiary/aromatic N) is 1. The molecule has 1 atom stereocenters. The Morgan fingerprint density at radius 1 is 1.15 bits per heavy atom. The van der Waals surface area contributed by atoms with Gasteiger partial charge in [-0.2, -0.15) is 26.3 Å². The van der Waals surface area contributed by atoms with Gasteiger partial charge < -0.3 is 14.7 Å². The second-order valence-corrected chi connectivity index (χ2v) is 5.86. The summed E-state index contributed by atoms with van der Waals surface area (Å²) >= 11 is 0. The van der Waals surface area contributed by atoms with Crippen LogP contribution in [0.1, 0.15) is 25.3 Å². The summed E-state index contributed by atoms with van der Waals surface area (Å²) in [6.07, 6.45) is -10.8. The van der Waals surface area contributed by atoms with Crippen molar-refractivity contribution in [2.24, 2.45) is 0 Å². The number of esters is 1. The summed E-state index contributed by atoms with van der Waals surface area (Å²) in [5.41, 5.74) is -6.03. The molecule has 0 aliphatic carbocycles. The zero-order valence-corrected chi connectivity index (χ0v) is 13.7. The lowest BCUT2D eigenvalue weighted by molar-refractivity contribution is -0.376. The van der Waals surface area contributed by atoms with Crippen molar-refractivity contribution in [3.63, 3.8) is 0 Å². The zero-order chi connectivity index (χ0) is 19.8. The highest BCUT2D eigenvalue weighted by Crippen LogP contribution is 2.50. The first-order valence-electron chi connectivity index (χ1n) is 7.83. The molecule has 1 heterocycles. The first-order valence-corrected chi connectivity index (χ1v) is 7.83. The predicted molar refractivity (Wildman–Crippen MR) is 79.4 cm³/mol. The van der Waals surface area contributed by atoms with Gasteiger partial charge in [0.15, 0.2) is 0 Å². The molecule has 4 nitrogen and oxygen atoms in total. The summed E-state index contributed by atoms with van der Waals surface area (Å²) in [6.45, 7) is 2.19. The lowest BCUT2D eigenvalue weighted by atomic mass is 9.92. The maximum Gasteiger partial charge on any atom is 0.430 e. The van der Waals surface area contributed by atoms with Crippen LogP contribution in [-0.4, -0.2) is 42.6 Å². The molecule has 1 aliphatic rings. The molecule has 0 aromatic heterocycles.